The van der Waals surface area contributed by atoms with Crippen molar-refractivity contribution in [2.24, 2.45) is 0 Å². The molecule has 0 aliphatic heterocycles. The Hall–Kier alpha value is -2.48. The third kappa shape index (κ3) is 4.78. The molecular weight excluding hydrogens is 347 g/mol. The fraction of sp³-hybridized carbons (Fsp3) is 0.389. The van der Waals surface area contributed by atoms with Crippen LogP contribution in [0.1, 0.15) is 17.2 Å². The van der Waals surface area contributed by atoms with Gasteiger partial charge in [0.2, 0.25) is 0 Å². The summed E-state index contributed by atoms with van der Waals surface area (Å²) in [7, 11) is 6.97. The highest BCUT2D eigenvalue weighted by Crippen LogP contribution is 2.32. The first-order chi connectivity index (χ1) is 12.3. The van der Waals surface area contributed by atoms with Gasteiger partial charge in [-0.2, -0.15) is 13.2 Å². The Morgan fingerprint density at radius 3 is 2.27 bits per heavy atom. The number of benzene rings is 1. The maximum Gasteiger partial charge on any atom is 0.417 e. The summed E-state index contributed by atoms with van der Waals surface area (Å²) in [5, 5.41) is 3.08. The Kier molecular flexibility index (Phi) is 6.31. The van der Waals surface area contributed by atoms with Crippen molar-refractivity contribution < 1.29 is 22.6 Å². The lowest BCUT2D eigenvalue weighted by Crippen LogP contribution is -2.27. The molecule has 0 aliphatic carbocycles. The zero-order valence-electron chi connectivity index (χ0n) is 15.1. The van der Waals surface area contributed by atoms with E-state index in [4.69, 9.17) is 9.47 Å². The van der Waals surface area contributed by atoms with Crippen LogP contribution in [0.3, 0.4) is 0 Å². The number of nitrogens with zero attached hydrogens (tertiary/aromatic N) is 2. The number of methoxy groups -OCH3 is 2. The van der Waals surface area contributed by atoms with Crippen molar-refractivity contribution in [3.05, 3.63) is 47.7 Å². The van der Waals surface area contributed by atoms with Crippen LogP contribution in [0.25, 0.3) is 0 Å². The fourth-order valence-electron chi connectivity index (χ4n) is 2.53. The van der Waals surface area contributed by atoms with E-state index >= 15 is 0 Å². The Balaban J connectivity index is 2.14. The van der Waals surface area contributed by atoms with E-state index in [0.29, 0.717) is 23.9 Å². The fourth-order valence-corrected chi connectivity index (χ4v) is 2.53. The van der Waals surface area contributed by atoms with Crippen LogP contribution < -0.4 is 14.8 Å². The molecule has 0 fully saturated rings. The molecule has 0 saturated heterocycles. The van der Waals surface area contributed by atoms with Gasteiger partial charge < -0.3 is 19.7 Å². The molecule has 1 atom stereocenters. The zero-order valence-corrected chi connectivity index (χ0v) is 15.1. The van der Waals surface area contributed by atoms with Gasteiger partial charge in [-0.1, -0.05) is 6.07 Å². The number of nitrogens with one attached hydrogen (secondary N) is 1. The summed E-state index contributed by atoms with van der Waals surface area (Å²) in [5.41, 5.74) is 0.208. The SMILES string of the molecule is COc1ccc([C@H](CNc2ccc(C(F)(F)F)cn2)N(C)C)cc1OC. The molecule has 1 aromatic carbocycles. The molecule has 0 unspecified atom stereocenters. The Morgan fingerprint density at radius 2 is 1.77 bits per heavy atom. The molecule has 1 N–H and O–H groups in total. The Labute approximate surface area is 150 Å². The normalized spacial score (nSPS) is 12.8. The molecule has 2 aromatic rings. The Morgan fingerprint density at radius 1 is 1.08 bits per heavy atom. The summed E-state index contributed by atoms with van der Waals surface area (Å²) in [5.74, 6) is 1.63. The molecule has 26 heavy (non-hydrogen) atoms. The van der Waals surface area contributed by atoms with Crippen LogP contribution in [0.4, 0.5) is 19.0 Å². The quantitative estimate of drug-likeness (QED) is 0.804. The van der Waals surface area contributed by atoms with Gasteiger partial charge in [-0.05, 0) is 43.9 Å². The number of rotatable bonds is 7. The smallest absolute Gasteiger partial charge is 0.417 e. The number of hydrogen-bond donors (Lipinski definition) is 1. The van der Waals surface area contributed by atoms with E-state index in [1.807, 2.05) is 37.2 Å². The van der Waals surface area contributed by atoms with Crippen LogP contribution in [-0.2, 0) is 6.18 Å². The highest BCUT2D eigenvalue weighted by atomic mass is 19.4. The van der Waals surface area contributed by atoms with Crippen LogP contribution in [0, 0.1) is 0 Å². The van der Waals surface area contributed by atoms with Crippen LogP contribution in [0.2, 0.25) is 0 Å². The third-order valence-corrected chi connectivity index (χ3v) is 3.98. The topological polar surface area (TPSA) is 46.6 Å². The predicted octanol–water partition coefficient (Wildman–Crippen LogP) is 3.83. The second kappa shape index (κ2) is 8.27. The van der Waals surface area contributed by atoms with Gasteiger partial charge in [0.15, 0.2) is 11.5 Å². The van der Waals surface area contributed by atoms with Crippen LogP contribution in [0.5, 0.6) is 11.5 Å². The van der Waals surface area contributed by atoms with Crippen LogP contribution in [-0.4, -0.2) is 44.7 Å². The zero-order chi connectivity index (χ0) is 19.3. The van der Waals surface area contributed by atoms with Crippen molar-refractivity contribution in [2.45, 2.75) is 12.2 Å². The van der Waals surface area contributed by atoms with E-state index in [9.17, 15) is 13.2 Å². The van der Waals surface area contributed by atoms with E-state index in [1.165, 1.54) is 6.07 Å². The largest absolute Gasteiger partial charge is 0.493 e. The third-order valence-electron chi connectivity index (χ3n) is 3.98. The minimum Gasteiger partial charge on any atom is -0.493 e. The van der Waals surface area contributed by atoms with E-state index < -0.39 is 11.7 Å². The first-order valence-electron chi connectivity index (χ1n) is 7.91. The lowest BCUT2D eigenvalue weighted by atomic mass is 10.0. The molecule has 142 valence electrons. The van der Waals surface area contributed by atoms with Gasteiger partial charge in [-0.3, -0.25) is 0 Å². The average Bonchev–Trinajstić information content (AvgIpc) is 2.61. The van der Waals surface area contributed by atoms with Gasteiger partial charge in [0.05, 0.1) is 25.8 Å². The first kappa shape index (κ1) is 19.8. The van der Waals surface area contributed by atoms with Crippen molar-refractivity contribution >= 4 is 5.82 Å². The van der Waals surface area contributed by atoms with E-state index in [2.05, 4.69) is 10.3 Å². The highest BCUT2D eigenvalue weighted by molar-refractivity contribution is 5.44. The number of halogens is 3. The van der Waals surface area contributed by atoms with Crippen molar-refractivity contribution in [3.8, 4) is 11.5 Å². The van der Waals surface area contributed by atoms with Gasteiger partial charge >= 0.3 is 6.18 Å². The van der Waals surface area contributed by atoms with Gasteiger partial charge in [0, 0.05) is 12.7 Å². The molecule has 0 spiro atoms. The minimum absolute atomic E-state index is 0.0427. The maximum absolute atomic E-state index is 12.6. The maximum atomic E-state index is 12.6. The van der Waals surface area contributed by atoms with Crippen LogP contribution >= 0.6 is 0 Å². The lowest BCUT2D eigenvalue weighted by Gasteiger charge is -2.26. The molecule has 1 heterocycles. The number of likely N-dealkylation sites (N-methyl/N-ethyl adjacent to an activating group) is 1. The molecule has 5 nitrogen and oxygen atoms in total. The molecule has 0 radical (unpaired) electrons. The molecule has 8 heteroatoms. The summed E-state index contributed by atoms with van der Waals surface area (Å²) in [6.45, 7) is 0.459. The number of anilines is 1. The number of ether oxygens (including phenoxy) is 2. The predicted molar refractivity (Wildman–Crippen MR) is 93.7 cm³/mol. The summed E-state index contributed by atoms with van der Waals surface area (Å²) in [6, 6.07) is 7.92. The summed E-state index contributed by atoms with van der Waals surface area (Å²) < 4.78 is 48.4. The van der Waals surface area contributed by atoms with E-state index in [0.717, 1.165) is 17.8 Å². The molecule has 1 aromatic heterocycles. The molecular formula is C18H22F3N3O2. The van der Waals surface area contributed by atoms with Crippen molar-refractivity contribution in [1.82, 2.24) is 9.88 Å². The lowest BCUT2D eigenvalue weighted by molar-refractivity contribution is -0.137. The summed E-state index contributed by atoms with van der Waals surface area (Å²) in [6.07, 6.45) is -3.57. The van der Waals surface area contributed by atoms with Crippen LogP contribution in [0.15, 0.2) is 36.5 Å². The standard InChI is InChI=1S/C18H22F3N3O2/c1-24(2)14(12-5-7-15(25-3)16(9-12)26-4)11-23-17-8-6-13(10-22-17)18(19,20)21/h5-10,14H,11H2,1-4H3,(H,22,23)/t14-/m0/s1. The van der Waals surface area contributed by atoms with E-state index in [1.54, 1.807) is 14.2 Å². The van der Waals surface area contributed by atoms with Crippen molar-refractivity contribution in [2.75, 3.05) is 40.2 Å². The molecule has 0 amide bonds. The summed E-state index contributed by atoms with van der Waals surface area (Å²) in [4.78, 5) is 5.84. The number of hydrogen-bond acceptors (Lipinski definition) is 5. The number of alkyl halides is 3. The molecule has 0 bridgehead atoms. The second-order valence-electron chi connectivity index (χ2n) is 5.90. The first-order valence-corrected chi connectivity index (χ1v) is 7.91. The molecule has 0 aliphatic rings. The number of aromatic nitrogens is 1. The summed E-state index contributed by atoms with van der Waals surface area (Å²) >= 11 is 0. The van der Waals surface area contributed by atoms with Gasteiger partial charge in [0.1, 0.15) is 5.82 Å². The highest BCUT2D eigenvalue weighted by Gasteiger charge is 2.30. The molecule has 2 rings (SSSR count). The Bertz CT molecular complexity index is 719. The number of pyridine rings is 1. The van der Waals surface area contributed by atoms with Crippen molar-refractivity contribution in [1.29, 1.82) is 0 Å². The molecule has 0 saturated carbocycles. The average molecular weight is 369 g/mol. The van der Waals surface area contributed by atoms with Gasteiger partial charge in [-0.25, -0.2) is 4.98 Å². The van der Waals surface area contributed by atoms with Gasteiger partial charge in [0.25, 0.3) is 0 Å². The van der Waals surface area contributed by atoms with Gasteiger partial charge in [-0.15, -0.1) is 0 Å². The van der Waals surface area contributed by atoms with Crippen molar-refractivity contribution in [3.63, 3.8) is 0 Å². The second-order valence-corrected chi connectivity index (χ2v) is 5.90. The van der Waals surface area contributed by atoms with E-state index in [-0.39, 0.29) is 6.04 Å². The minimum atomic E-state index is -4.39. The monoisotopic (exact) mass is 369 g/mol.